The molecule has 0 atom stereocenters. The molecule has 2 rings (SSSR count). The Hall–Kier alpha value is -2.48. The highest BCUT2D eigenvalue weighted by molar-refractivity contribution is 9.10. The molecule has 0 fully saturated rings. The molecule has 0 saturated heterocycles. The second kappa shape index (κ2) is 7.51. The summed E-state index contributed by atoms with van der Waals surface area (Å²) in [5.41, 5.74) is 2.19. The van der Waals surface area contributed by atoms with Crippen molar-refractivity contribution in [3.8, 4) is 0 Å². The molecule has 0 aliphatic carbocycles. The molecule has 0 bridgehead atoms. The monoisotopic (exact) mass is 367 g/mol. The van der Waals surface area contributed by atoms with Crippen LogP contribution in [0.2, 0.25) is 0 Å². The van der Waals surface area contributed by atoms with Crippen LogP contribution in [0.15, 0.2) is 50.6 Å². The molecule has 2 amide bonds. The Labute approximate surface area is 133 Å². The largest absolute Gasteiger partial charge is 0.467 e. The number of carbonyl (C=O) groups is 2. The van der Waals surface area contributed by atoms with Crippen LogP contribution in [0.4, 0.5) is 4.39 Å². The normalized spacial score (nSPS) is 10.6. The van der Waals surface area contributed by atoms with Crippen molar-refractivity contribution >= 4 is 34.0 Å². The number of hydrogen-bond donors (Lipinski definition) is 2. The second-order valence-electron chi connectivity index (χ2n) is 4.13. The van der Waals surface area contributed by atoms with Gasteiger partial charge in [-0.3, -0.25) is 9.59 Å². The Morgan fingerprint density at radius 3 is 2.86 bits per heavy atom. The van der Waals surface area contributed by atoms with Crippen LogP contribution in [0, 0.1) is 5.82 Å². The summed E-state index contributed by atoms with van der Waals surface area (Å²) >= 11 is 3.19. The summed E-state index contributed by atoms with van der Waals surface area (Å²) in [6, 6.07) is 7.60. The van der Waals surface area contributed by atoms with Crippen LogP contribution in [0.3, 0.4) is 0 Å². The number of rotatable bonds is 4. The average molecular weight is 368 g/mol. The standard InChI is InChI=1S/C14H11BrFN3O3/c15-10-3-4-12(16)9(6-10)7-18-19-14(21)13(20)17-8-11-2-1-5-22-11/h1-7H,8H2,(H,17,20)(H,19,21)/b18-7-. The summed E-state index contributed by atoms with van der Waals surface area (Å²) in [6.45, 7) is 0.0865. The summed E-state index contributed by atoms with van der Waals surface area (Å²) < 4.78 is 19.1. The Morgan fingerprint density at radius 2 is 2.14 bits per heavy atom. The fourth-order valence-corrected chi connectivity index (χ4v) is 1.86. The smallest absolute Gasteiger partial charge is 0.329 e. The minimum absolute atomic E-state index is 0.0865. The van der Waals surface area contributed by atoms with Gasteiger partial charge in [-0.2, -0.15) is 5.10 Å². The van der Waals surface area contributed by atoms with Gasteiger partial charge in [0.2, 0.25) is 0 Å². The summed E-state index contributed by atoms with van der Waals surface area (Å²) in [5, 5.41) is 5.89. The third kappa shape index (κ3) is 4.52. The van der Waals surface area contributed by atoms with Gasteiger partial charge in [-0.25, -0.2) is 9.82 Å². The first kappa shape index (κ1) is 15.9. The van der Waals surface area contributed by atoms with Gasteiger partial charge >= 0.3 is 11.8 Å². The molecule has 0 spiro atoms. The highest BCUT2D eigenvalue weighted by Crippen LogP contribution is 2.13. The van der Waals surface area contributed by atoms with Crippen molar-refractivity contribution in [1.82, 2.24) is 10.7 Å². The molecule has 114 valence electrons. The average Bonchev–Trinajstić information content (AvgIpc) is 3.01. The fraction of sp³-hybridized carbons (Fsp3) is 0.0714. The Morgan fingerprint density at radius 1 is 1.32 bits per heavy atom. The van der Waals surface area contributed by atoms with Crippen molar-refractivity contribution in [3.63, 3.8) is 0 Å². The molecule has 0 saturated carbocycles. The number of benzene rings is 1. The maximum atomic E-state index is 13.4. The third-order valence-electron chi connectivity index (χ3n) is 2.54. The lowest BCUT2D eigenvalue weighted by molar-refractivity contribution is -0.139. The first-order chi connectivity index (χ1) is 10.6. The Bertz CT molecular complexity index is 701. The first-order valence-electron chi connectivity index (χ1n) is 6.15. The van der Waals surface area contributed by atoms with Gasteiger partial charge in [0.05, 0.1) is 19.0 Å². The van der Waals surface area contributed by atoms with E-state index in [2.05, 4.69) is 26.3 Å². The molecule has 2 N–H and O–H groups in total. The van der Waals surface area contributed by atoms with E-state index in [-0.39, 0.29) is 12.1 Å². The van der Waals surface area contributed by atoms with E-state index in [1.54, 1.807) is 12.1 Å². The molecular formula is C14H11BrFN3O3. The summed E-state index contributed by atoms with van der Waals surface area (Å²) in [6.07, 6.45) is 2.57. The van der Waals surface area contributed by atoms with Crippen LogP contribution < -0.4 is 10.7 Å². The number of furan rings is 1. The number of carbonyl (C=O) groups excluding carboxylic acids is 2. The number of nitrogens with zero attached hydrogens (tertiary/aromatic N) is 1. The zero-order valence-electron chi connectivity index (χ0n) is 11.2. The van der Waals surface area contributed by atoms with E-state index in [0.29, 0.717) is 10.2 Å². The van der Waals surface area contributed by atoms with E-state index in [0.717, 1.165) is 6.21 Å². The molecule has 0 aliphatic heterocycles. The molecule has 2 aromatic rings. The Kier molecular flexibility index (Phi) is 5.42. The molecule has 1 heterocycles. The molecule has 6 nitrogen and oxygen atoms in total. The summed E-state index contributed by atoms with van der Waals surface area (Å²) in [7, 11) is 0. The fourth-order valence-electron chi connectivity index (χ4n) is 1.49. The van der Waals surface area contributed by atoms with Gasteiger partial charge in [0.1, 0.15) is 11.6 Å². The predicted octanol–water partition coefficient (Wildman–Crippen LogP) is 1.95. The number of hydrogen-bond acceptors (Lipinski definition) is 4. The van der Waals surface area contributed by atoms with Gasteiger partial charge in [-0.15, -0.1) is 0 Å². The minimum atomic E-state index is -0.960. The molecule has 22 heavy (non-hydrogen) atoms. The van der Waals surface area contributed by atoms with Crippen LogP contribution in [0.1, 0.15) is 11.3 Å². The van der Waals surface area contributed by atoms with Gasteiger partial charge in [0.15, 0.2) is 0 Å². The molecule has 0 aliphatic rings. The lowest BCUT2D eigenvalue weighted by atomic mass is 10.2. The quantitative estimate of drug-likeness (QED) is 0.492. The SMILES string of the molecule is O=C(NCc1ccco1)C(=O)N/N=C\c1cc(Br)ccc1F. The van der Waals surface area contributed by atoms with Crippen molar-refractivity contribution in [2.24, 2.45) is 5.10 Å². The number of halogens is 2. The molecular weight excluding hydrogens is 357 g/mol. The summed E-state index contributed by atoms with van der Waals surface area (Å²) in [4.78, 5) is 23.0. The van der Waals surface area contributed by atoms with Crippen molar-refractivity contribution in [1.29, 1.82) is 0 Å². The van der Waals surface area contributed by atoms with E-state index in [1.807, 2.05) is 5.43 Å². The van der Waals surface area contributed by atoms with Crippen LogP contribution >= 0.6 is 15.9 Å². The number of nitrogens with one attached hydrogen (secondary N) is 2. The van der Waals surface area contributed by atoms with Crippen LogP contribution in [-0.2, 0) is 16.1 Å². The number of hydrazone groups is 1. The molecule has 0 unspecified atom stereocenters. The first-order valence-corrected chi connectivity index (χ1v) is 6.94. The third-order valence-corrected chi connectivity index (χ3v) is 3.03. The van der Waals surface area contributed by atoms with Gasteiger partial charge < -0.3 is 9.73 Å². The van der Waals surface area contributed by atoms with Crippen LogP contribution in [0.25, 0.3) is 0 Å². The van der Waals surface area contributed by atoms with Crippen LogP contribution in [0.5, 0.6) is 0 Å². The minimum Gasteiger partial charge on any atom is -0.467 e. The van der Waals surface area contributed by atoms with Gasteiger partial charge in [0, 0.05) is 10.0 Å². The van der Waals surface area contributed by atoms with E-state index in [9.17, 15) is 14.0 Å². The second-order valence-corrected chi connectivity index (χ2v) is 5.04. The van der Waals surface area contributed by atoms with Crippen molar-refractivity contribution in [2.75, 3.05) is 0 Å². The Balaban J connectivity index is 1.85. The molecule has 8 heteroatoms. The maximum Gasteiger partial charge on any atom is 0.329 e. The van der Waals surface area contributed by atoms with Crippen molar-refractivity contribution < 1.29 is 18.4 Å². The predicted molar refractivity (Wildman–Crippen MR) is 80.4 cm³/mol. The van der Waals surface area contributed by atoms with Gasteiger partial charge in [-0.05, 0) is 30.3 Å². The van der Waals surface area contributed by atoms with E-state index < -0.39 is 17.6 Å². The zero-order valence-corrected chi connectivity index (χ0v) is 12.8. The zero-order chi connectivity index (χ0) is 15.9. The van der Waals surface area contributed by atoms with E-state index in [1.165, 1.54) is 24.5 Å². The lowest BCUT2D eigenvalue weighted by Crippen LogP contribution is -2.37. The molecule has 1 aromatic carbocycles. The van der Waals surface area contributed by atoms with E-state index in [4.69, 9.17) is 4.42 Å². The van der Waals surface area contributed by atoms with Crippen molar-refractivity contribution in [2.45, 2.75) is 6.54 Å². The molecule has 1 aromatic heterocycles. The molecule has 0 radical (unpaired) electrons. The number of amides is 2. The highest BCUT2D eigenvalue weighted by atomic mass is 79.9. The van der Waals surface area contributed by atoms with Crippen molar-refractivity contribution in [3.05, 3.63) is 58.2 Å². The maximum absolute atomic E-state index is 13.4. The lowest BCUT2D eigenvalue weighted by Gasteiger charge is -2.01. The highest BCUT2D eigenvalue weighted by Gasteiger charge is 2.12. The van der Waals surface area contributed by atoms with Crippen LogP contribution in [-0.4, -0.2) is 18.0 Å². The summed E-state index contributed by atoms with van der Waals surface area (Å²) in [5.74, 6) is -1.81. The van der Waals surface area contributed by atoms with Gasteiger partial charge in [0.25, 0.3) is 0 Å². The van der Waals surface area contributed by atoms with Gasteiger partial charge in [-0.1, -0.05) is 15.9 Å². The van der Waals surface area contributed by atoms with E-state index >= 15 is 0 Å². The topological polar surface area (TPSA) is 83.7 Å².